The fraction of sp³-hybridized carbons (Fsp3) is 0.529. The van der Waals surface area contributed by atoms with Crippen molar-refractivity contribution < 1.29 is 27.7 Å². The second-order valence-electron chi connectivity index (χ2n) is 5.98. The Kier molecular flexibility index (Phi) is 6.95. The second-order valence-corrected chi connectivity index (χ2v) is 8.01. The van der Waals surface area contributed by atoms with Crippen molar-refractivity contribution in [1.29, 1.82) is 0 Å². The average Bonchev–Trinajstić information content (AvgIpc) is 2.68. The second kappa shape index (κ2) is 9.24. The first kappa shape index (κ1) is 21.1. The molecule has 0 aliphatic carbocycles. The van der Waals surface area contributed by atoms with Crippen LogP contribution in [0.15, 0.2) is 23.2 Å². The maximum absolute atomic E-state index is 13.1. The van der Waals surface area contributed by atoms with Gasteiger partial charge in [-0.2, -0.15) is 0 Å². The average molecular weight is 432 g/mol. The molecule has 2 amide bonds. The van der Waals surface area contributed by atoms with Crippen molar-refractivity contribution in [3.8, 4) is 0 Å². The van der Waals surface area contributed by atoms with E-state index in [0.29, 0.717) is 42.7 Å². The SMILES string of the molecule is CCOP(=O)(OCC)OC1=Nc2ccc(Cl)cc2N(C(=O)N2CCOCC2)C1. The molecule has 154 valence electrons. The van der Waals surface area contributed by atoms with Gasteiger partial charge in [0.05, 0.1) is 37.8 Å². The third kappa shape index (κ3) is 4.85. The number of fused-ring (bicyclic) bond motifs is 1. The van der Waals surface area contributed by atoms with Crippen LogP contribution < -0.4 is 4.90 Å². The van der Waals surface area contributed by atoms with Crippen LogP contribution in [0.25, 0.3) is 0 Å². The lowest BCUT2D eigenvalue weighted by molar-refractivity contribution is 0.0549. The number of carbonyl (C=O) groups is 1. The smallest absolute Gasteiger partial charge is 0.388 e. The lowest BCUT2D eigenvalue weighted by atomic mass is 10.2. The number of ether oxygens (including phenoxy) is 1. The van der Waals surface area contributed by atoms with E-state index in [1.54, 1.807) is 36.9 Å². The van der Waals surface area contributed by atoms with Crippen LogP contribution in [0.3, 0.4) is 0 Å². The minimum atomic E-state index is -3.83. The van der Waals surface area contributed by atoms with Crippen LogP contribution in [-0.2, 0) is 22.9 Å². The summed E-state index contributed by atoms with van der Waals surface area (Å²) in [5, 5.41) is 0.479. The number of aliphatic imine (C=N–C) groups is 1. The number of morpholine rings is 1. The number of amides is 2. The molecule has 0 radical (unpaired) electrons. The van der Waals surface area contributed by atoms with Crippen molar-refractivity contribution in [2.24, 2.45) is 4.99 Å². The third-order valence-electron chi connectivity index (χ3n) is 4.07. The number of hydrogen-bond donors (Lipinski definition) is 0. The van der Waals surface area contributed by atoms with Gasteiger partial charge in [-0.15, -0.1) is 0 Å². The monoisotopic (exact) mass is 431 g/mol. The molecule has 0 unspecified atom stereocenters. The normalized spacial score (nSPS) is 17.2. The topological polar surface area (TPSA) is 89.9 Å². The van der Waals surface area contributed by atoms with Crippen LogP contribution in [0.1, 0.15) is 13.8 Å². The highest BCUT2D eigenvalue weighted by Gasteiger charge is 2.35. The van der Waals surface area contributed by atoms with E-state index in [9.17, 15) is 9.36 Å². The first-order chi connectivity index (χ1) is 13.5. The number of phosphoric ester groups is 1. The summed E-state index contributed by atoms with van der Waals surface area (Å²) in [6, 6.07) is 4.77. The molecule has 11 heteroatoms. The lowest BCUT2D eigenvalue weighted by Crippen LogP contribution is -2.50. The van der Waals surface area contributed by atoms with Gasteiger partial charge in [-0.3, -0.25) is 13.9 Å². The van der Waals surface area contributed by atoms with Crippen LogP contribution in [0.4, 0.5) is 16.2 Å². The van der Waals surface area contributed by atoms with E-state index in [0.717, 1.165) is 0 Å². The molecule has 1 aromatic rings. The van der Waals surface area contributed by atoms with Gasteiger partial charge in [0.25, 0.3) is 0 Å². The Morgan fingerprint density at radius 1 is 1.25 bits per heavy atom. The largest absolute Gasteiger partial charge is 0.531 e. The Morgan fingerprint density at radius 3 is 2.57 bits per heavy atom. The molecule has 2 aliphatic rings. The highest BCUT2D eigenvalue weighted by molar-refractivity contribution is 7.49. The standard InChI is InChI=1S/C17H23ClN3O6P/c1-3-25-28(23,26-4-2)27-16-12-21(17(22)20-7-9-24-10-8-20)15-11-13(18)5-6-14(15)19-16/h5-6,11H,3-4,7-10,12H2,1-2H3. The van der Waals surface area contributed by atoms with Crippen LogP contribution in [0.2, 0.25) is 5.02 Å². The maximum Gasteiger partial charge on any atom is 0.531 e. The Hall–Kier alpha value is -1.64. The summed E-state index contributed by atoms with van der Waals surface area (Å²) in [6.07, 6.45) is 0. The molecule has 2 heterocycles. The van der Waals surface area contributed by atoms with Crippen LogP contribution in [0, 0.1) is 0 Å². The zero-order valence-corrected chi connectivity index (χ0v) is 17.4. The van der Waals surface area contributed by atoms with Gasteiger partial charge in [-0.05, 0) is 32.0 Å². The molecule has 9 nitrogen and oxygen atoms in total. The number of benzene rings is 1. The van der Waals surface area contributed by atoms with E-state index in [4.69, 9.17) is 29.9 Å². The summed E-state index contributed by atoms with van der Waals surface area (Å²) in [7, 11) is -3.83. The van der Waals surface area contributed by atoms with Gasteiger partial charge < -0.3 is 14.2 Å². The molecule has 2 aliphatic heterocycles. The third-order valence-corrected chi connectivity index (χ3v) is 5.89. The first-order valence-corrected chi connectivity index (χ1v) is 10.9. The van der Waals surface area contributed by atoms with Crippen LogP contribution in [0.5, 0.6) is 0 Å². The van der Waals surface area contributed by atoms with E-state index >= 15 is 0 Å². The van der Waals surface area contributed by atoms with Crippen LogP contribution >= 0.6 is 19.4 Å². The molecule has 0 N–H and O–H groups in total. The van der Waals surface area contributed by atoms with E-state index in [1.807, 2.05) is 0 Å². The Bertz CT molecular complexity index is 789. The fourth-order valence-electron chi connectivity index (χ4n) is 2.88. The van der Waals surface area contributed by atoms with Crippen molar-refractivity contribution in [1.82, 2.24) is 4.90 Å². The van der Waals surface area contributed by atoms with Crippen molar-refractivity contribution in [2.75, 3.05) is 51.0 Å². The summed E-state index contributed by atoms with van der Waals surface area (Å²) >= 11 is 6.12. The number of anilines is 1. The first-order valence-electron chi connectivity index (χ1n) is 9.05. The minimum Gasteiger partial charge on any atom is -0.388 e. The molecule has 1 fully saturated rings. The number of phosphoric acid groups is 1. The predicted octanol–water partition coefficient (Wildman–Crippen LogP) is 3.84. The zero-order chi connectivity index (χ0) is 20.1. The minimum absolute atomic E-state index is 0.0202. The van der Waals surface area contributed by atoms with E-state index in [-0.39, 0.29) is 31.7 Å². The summed E-state index contributed by atoms with van der Waals surface area (Å²) in [5.74, 6) is 0.0710. The van der Waals surface area contributed by atoms with Crippen LogP contribution in [-0.4, -0.2) is 62.9 Å². The number of carbonyl (C=O) groups excluding carboxylic acids is 1. The van der Waals surface area contributed by atoms with Gasteiger partial charge in [-0.25, -0.2) is 14.4 Å². The van der Waals surface area contributed by atoms with Gasteiger partial charge in [0.1, 0.15) is 6.54 Å². The summed E-state index contributed by atoms with van der Waals surface area (Å²) in [6.45, 7) is 5.55. The molecule has 1 aromatic carbocycles. The number of rotatable bonds is 5. The highest BCUT2D eigenvalue weighted by atomic mass is 35.5. The Balaban J connectivity index is 1.90. The molecular formula is C17H23ClN3O6P. The van der Waals surface area contributed by atoms with Crippen molar-refractivity contribution in [3.63, 3.8) is 0 Å². The molecule has 1 saturated heterocycles. The molecular weight excluding hydrogens is 409 g/mol. The molecule has 0 bridgehead atoms. The number of urea groups is 1. The Morgan fingerprint density at radius 2 is 1.93 bits per heavy atom. The Labute approximate surface area is 168 Å². The maximum atomic E-state index is 13.1. The molecule has 0 saturated carbocycles. The highest BCUT2D eigenvalue weighted by Crippen LogP contribution is 2.50. The number of hydrogen-bond acceptors (Lipinski definition) is 7. The molecule has 3 rings (SSSR count). The molecule has 0 aromatic heterocycles. The van der Waals surface area contributed by atoms with Gasteiger partial charge in [0, 0.05) is 18.1 Å². The predicted molar refractivity (Wildman–Crippen MR) is 106 cm³/mol. The van der Waals surface area contributed by atoms with Crippen molar-refractivity contribution in [2.45, 2.75) is 13.8 Å². The van der Waals surface area contributed by atoms with E-state index in [2.05, 4.69) is 4.99 Å². The summed E-state index contributed by atoms with van der Waals surface area (Å²) in [4.78, 5) is 20.7. The summed E-state index contributed by atoms with van der Waals surface area (Å²) < 4.78 is 33.9. The zero-order valence-electron chi connectivity index (χ0n) is 15.8. The molecule has 0 spiro atoms. The number of nitrogens with zero attached hydrogens (tertiary/aromatic N) is 3. The van der Waals surface area contributed by atoms with Gasteiger partial charge in [-0.1, -0.05) is 11.6 Å². The van der Waals surface area contributed by atoms with Gasteiger partial charge in [0.15, 0.2) is 0 Å². The van der Waals surface area contributed by atoms with E-state index < -0.39 is 7.82 Å². The van der Waals surface area contributed by atoms with Crippen molar-refractivity contribution >= 4 is 42.7 Å². The van der Waals surface area contributed by atoms with E-state index in [1.165, 1.54) is 4.90 Å². The van der Waals surface area contributed by atoms with Gasteiger partial charge in [0.2, 0.25) is 5.90 Å². The number of halogens is 1. The lowest BCUT2D eigenvalue weighted by Gasteiger charge is -2.35. The fourth-order valence-corrected chi connectivity index (χ4v) is 4.21. The van der Waals surface area contributed by atoms with Gasteiger partial charge >= 0.3 is 13.9 Å². The summed E-state index contributed by atoms with van der Waals surface area (Å²) in [5.41, 5.74) is 1.03. The van der Waals surface area contributed by atoms with Crippen molar-refractivity contribution in [3.05, 3.63) is 23.2 Å². The quantitative estimate of drug-likeness (QED) is 0.658. The molecule has 28 heavy (non-hydrogen) atoms. The molecule has 0 atom stereocenters.